The van der Waals surface area contributed by atoms with Gasteiger partial charge in [-0.05, 0) is 80.1 Å². The van der Waals surface area contributed by atoms with Crippen molar-refractivity contribution in [1.82, 2.24) is 15.2 Å². The molecule has 1 saturated heterocycles. The highest BCUT2D eigenvalue weighted by atomic mass is 35.5. The second-order valence-corrected chi connectivity index (χ2v) is 10.7. The molecule has 2 heterocycles. The van der Waals surface area contributed by atoms with Gasteiger partial charge in [0, 0.05) is 54.2 Å². The Labute approximate surface area is 218 Å². The number of carbonyl (C=O) groups excluding carboxylic acids is 1. The van der Waals surface area contributed by atoms with Gasteiger partial charge in [-0.15, -0.1) is 0 Å². The highest BCUT2D eigenvalue weighted by Gasteiger charge is 2.30. The van der Waals surface area contributed by atoms with Gasteiger partial charge in [-0.25, -0.2) is 0 Å². The molecule has 1 aromatic heterocycles. The Hall–Kier alpha value is -2.77. The van der Waals surface area contributed by atoms with Gasteiger partial charge in [0.15, 0.2) is 0 Å². The monoisotopic (exact) mass is 507 g/mol. The fourth-order valence-corrected chi connectivity index (χ4v) is 4.82. The van der Waals surface area contributed by atoms with Crippen LogP contribution in [0.15, 0.2) is 67.0 Å². The standard InChI is InChI=1S/C29H34ClN3O3/c1-29(2,36)23-14-20(16-31-17-23)18-33(3)28(35)22-6-4-19(5-7-22)15-25-12-13-26(32-25)27(34)21-8-10-24(30)11-9-21/h4-11,14,16-17,25-27,32,34,36H,12-13,15,18H2,1-3H3/t25-,26+,27?/m0/s1. The highest BCUT2D eigenvalue weighted by Crippen LogP contribution is 2.28. The molecule has 3 atom stereocenters. The van der Waals surface area contributed by atoms with Crippen molar-refractivity contribution in [3.8, 4) is 0 Å². The Bertz CT molecular complexity index is 1180. The molecular weight excluding hydrogens is 474 g/mol. The largest absolute Gasteiger partial charge is 0.387 e. The second kappa shape index (κ2) is 11.1. The molecule has 0 bridgehead atoms. The Morgan fingerprint density at radius 2 is 1.81 bits per heavy atom. The SMILES string of the molecule is CN(Cc1cncc(C(C)(C)O)c1)C(=O)c1ccc(C[C@@H]2CC[C@H](C(O)c3ccc(Cl)cc3)N2)cc1. The van der Waals surface area contributed by atoms with Crippen molar-refractivity contribution in [1.29, 1.82) is 0 Å². The van der Waals surface area contributed by atoms with Crippen LogP contribution in [0.2, 0.25) is 5.02 Å². The summed E-state index contributed by atoms with van der Waals surface area (Å²) in [7, 11) is 1.77. The van der Waals surface area contributed by atoms with Gasteiger partial charge in [-0.2, -0.15) is 0 Å². The van der Waals surface area contributed by atoms with E-state index in [1.807, 2.05) is 42.5 Å². The van der Waals surface area contributed by atoms with Crippen molar-refractivity contribution in [3.63, 3.8) is 0 Å². The van der Waals surface area contributed by atoms with E-state index < -0.39 is 11.7 Å². The lowest BCUT2D eigenvalue weighted by Crippen LogP contribution is -2.35. The molecule has 1 aliphatic rings. The van der Waals surface area contributed by atoms with E-state index in [9.17, 15) is 15.0 Å². The quantitative estimate of drug-likeness (QED) is 0.414. The Balaban J connectivity index is 1.32. The number of hydrogen-bond acceptors (Lipinski definition) is 5. The van der Waals surface area contributed by atoms with E-state index in [0.717, 1.165) is 36.0 Å². The van der Waals surface area contributed by atoms with Gasteiger partial charge in [-0.1, -0.05) is 35.9 Å². The Morgan fingerprint density at radius 1 is 1.11 bits per heavy atom. The van der Waals surface area contributed by atoms with Crippen LogP contribution in [0.3, 0.4) is 0 Å². The molecule has 2 aromatic carbocycles. The van der Waals surface area contributed by atoms with Crippen LogP contribution in [0.25, 0.3) is 0 Å². The van der Waals surface area contributed by atoms with Gasteiger partial charge in [0.2, 0.25) is 0 Å². The zero-order chi connectivity index (χ0) is 25.9. The number of nitrogens with one attached hydrogen (secondary N) is 1. The van der Waals surface area contributed by atoms with E-state index in [0.29, 0.717) is 22.7 Å². The first-order valence-electron chi connectivity index (χ1n) is 12.3. The first-order chi connectivity index (χ1) is 17.1. The van der Waals surface area contributed by atoms with Crippen LogP contribution in [-0.4, -0.2) is 45.1 Å². The summed E-state index contributed by atoms with van der Waals surface area (Å²) in [5.74, 6) is -0.0691. The smallest absolute Gasteiger partial charge is 0.253 e. The van der Waals surface area contributed by atoms with Crippen molar-refractivity contribution < 1.29 is 15.0 Å². The van der Waals surface area contributed by atoms with Crippen LogP contribution < -0.4 is 5.32 Å². The third kappa shape index (κ3) is 6.51. The third-order valence-electron chi connectivity index (χ3n) is 6.82. The number of aliphatic hydroxyl groups excluding tert-OH is 1. The summed E-state index contributed by atoms with van der Waals surface area (Å²) in [4.78, 5) is 18.8. The fraction of sp³-hybridized carbons (Fsp3) is 0.379. The lowest BCUT2D eigenvalue weighted by atomic mass is 9.99. The van der Waals surface area contributed by atoms with Gasteiger partial charge < -0.3 is 20.4 Å². The molecule has 1 amide bonds. The summed E-state index contributed by atoms with van der Waals surface area (Å²) >= 11 is 5.96. The van der Waals surface area contributed by atoms with Crippen molar-refractivity contribution in [2.75, 3.05) is 7.05 Å². The third-order valence-corrected chi connectivity index (χ3v) is 7.07. The Kier molecular flexibility index (Phi) is 8.10. The molecule has 0 saturated carbocycles. The number of halogens is 1. The molecule has 36 heavy (non-hydrogen) atoms. The van der Waals surface area contributed by atoms with Gasteiger partial charge in [-0.3, -0.25) is 9.78 Å². The number of rotatable bonds is 8. The van der Waals surface area contributed by atoms with Crippen LogP contribution >= 0.6 is 11.6 Å². The fourth-order valence-electron chi connectivity index (χ4n) is 4.70. The normalized spacial score (nSPS) is 18.7. The molecule has 0 spiro atoms. The first kappa shape index (κ1) is 26.3. The van der Waals surface area contributed by atoms with Crippen LogP contribution in [0.5, 0.6) is 0 Å². The van der Waals surface area contributed by atoms with Crippen molar-refractivity contribution >= 4 is 17.5 Å². The van der Waals surface area contributed by atoms with Gasteiger partial charge in [0.1, 0.15) is 0 Å². The minimum atomic E-state index is -0.983. The summed E-state index contributed by atoms with van der Waals surface area (Å²) < 4.78 is 0. The predicted octanol–water partition coefficient (Wildman–Crippen LogP) is 4.63. The van der Waals surface area contributed by atoms with Crippen LogP contribution in [0, 0.1) is 0 Å². The number of pyridine rings is 1. The topological polar surface area (TPSA) is 85.7 Å². The number of aliphatic hydroxyl groups is 2. The molecule has 0 aliphatic carbocycles. The molecule has 6 nitrogen and oxygen atoms in total. The zero-order valence-electron chi connectivity index (χ0n) is 21.0. The molecule has 0 radical (unpaired) electrons. The number of carbonyl (C=O) groups is 1. The number of aromatic nitrogens is 1. The van der Waals surface area contributed by atoms with Crippen LogP contribution in [-0.2, 0) is 18.6 Å². The van der Waals surface area contributed by atoms with Gasteiger partial charge >= 0.3 is 0 Å². The van der Waals surface area contributed by atoms with E-state index in [1.165, 1.54) is 0 Å². The lowest BCUT2D eigenvalue weighted by molar-refractivity contribution is 0.0774. The van der Waals surface area contributed by atoms with E-state index in [1.54, 1.807) is 50.3 Å². The summed E-state index contributed by atoms with van der Waals surface area (Å²) in [5, 5.41) is 25.2. The molecule has 1 aliphatic heterocycles. The maximum Gasteiger partial charge on any atom is 0.253 e. The number of hydrogen-bond donors (Lipinski definition) is 3. The van der Waals surface area contributed by atoms with E-state index in [4.69, 9.17) is 11.6 Å². The van der Waals surface area contributed by atoms with E-state index in [-0.39, 0.29) is 18.0 Å². The predicted molar refractivity (Wildman–Crippen MR) is 142 cm³/mol. The minimum absolute atomic E-state index is 0.00933. The zero-order valence-corrected chi connectivity index (χ0v) is 21.7. The number of amides is 1. The maximum atomic E-state index is 13.0. The minimum Gasteiger partial charge on any atom is -0.387 e. The van der Waals surface area contributed by atoms with E-state index >= 15 is 0 Å². The summed E-state index contributed by atoms with van der Waals surface area (Å²) in [6.45, 7) is 3.83. The number of benzene rings is 2. The average molecular weight is 508 g/mol. The molecule has 3 N–H and O–H groups in total. The highest BCUT2D eigenvalue weighted by molar-refractivity contribution is 6.30. The average Bonchev–Trinajstić information content (AvgIpc) is 3.32. The van der Waals surface area contributed by atoms with Crippen LogP contribution in [0.1, 0.15) is 65.4 Å². The van der Waals surface area contributed by atoms with E-state index in [2.05, 4.69) is 10.3 Å². The molecule has 1 fully saturated rings. The summed E-state index contributed by atoms with van der Waals surface area (Å²) in [5.41, 5.74) is 3.24. The first-order valence-corrected chi connectivity index (χ1v) is 12.7. The molecule has 190 valence electrons. The van der Waals surface area contributed by atoms with Crippen molar-refractivity contribution in [2.24, 2.45) is 0 Å². The van der Waals surface area contributed by atoms with Gasteiger partial charge in [0.05, 0.1) is 11.7 Å². The second-order valence-electron chi connectivity index (χ2n) is 10.2. The molecular formula is C29H34ClN3O3. The Morgan fingerprint density at radius 3 is 2.47 bits per heavy atom. The molecule has 4 rings (SSSR count). The van der Waals surface area contributed by atoms with Crippen molar-refractivity contribution in [2.45, 2.75) is 63.4 Å². The molecule has 7 heteroatoms. The maximum absolute atomic E-state index is 13.0. The summed E-state index contributed by atoms with van der Waals surface area (Å²) in [6.07, 6.45) is 5.51. The lowest BCUT2D eigenvalue weighted by Gasteiger charge is -2.21. The van der Waals surface area contributed by atoms with Crippen molar-refractivity contribution in [3.05, 3.63) is 99.8 Å². The number of nitrogens with zero attached hydrogens (tertiary/aromatic N) is 2. The van der Waals surface area contributed by atoms with Gasteiger partial charge in [0.25, 0.3) is 5.91 Å². The summed E-state index contributed by atoms with van der Waals surface area (Å²) in [6, 6.07) is 17.3. The molecule has 1 unspecified atom stereocenters. The molecule has 3 aromatic rings. The van der Waals surface area contributed by atoms with Crippen LogP contribution in [0.4, 0.5) is 0 Å².